The van der Waals surface area contributed by atoms with Crippen molar-refractivity contribution >= 4 is 30.3 Å². The number of amidine groups is 1. The number of nitrogens with zero attached hydrogens (tertiary/aromatic N) is 2. The topological polar surface area (TPSA) is 59.0 Å². The third-order valence-corrected chi connectivity index (χ3v) is 4.83. The van der Waals surface area contributed by atoms with Crippen molar-refractivity contribution in [1.82, 2.24) is 4.90 Å². The molecular weight excluding hydrogens is 372 g/mol. The van der Waals surface area contributed by atoms with Gasteiger partial charge in [0.2, 0.25) is 0 Å². The minimum atomic E-state index is -0.759. The zero-order chi connectivity index (χ0) is 19.9. The van der Waals surface area contributed by atoms with Crippen LogP contribution in [-0.4, -0.2) is 48.1 Å². The summed E-state index contributed by atoms with van der Waals surface area (Å²) in [7, 11) is 1.31. The number of hydrogen-bond acceptors (Lipinski definition) is 5. The minimum absolute atomic E-state index is 0.148. The van der Waals surface area contributed by atoms with Crippen molar-refractivity contribution in [2.75, 3.05) is 19.4 Å². The van der Waals surface area contributed by atoms with E-state index in [-0.39, 0.29) is 11.7 Å². The summed E-state index contributed by atoms with van der Waals surface area (Å²) in [4.78, 5) is 31.3. The summed E-state index contributed by atoms with van der Waals surface area (Å²) in [5.74, 6) is 0.0274. The molecule has 0 spiro atoms. The normalized spacial score (nSPS) is 16.1. The van der Waals surface area contributed by atoms with Crippen molar-refractivity contribution in [3.05, 3.63) is 72.3 Å². The Morgan fingerprint density at radius 3 is 2.57 bits per heavy atom. The van der Waals surface area contributed by atoms with Crippen LogP contribution in [0.25, 0.3) is 11.1 Å². The molecule has 1 aliphatic rings. The smallest absolute Gasteiger partial charge is 0.331 e. The lowest BCUT2D eigenvalue weighted by Gasteiger charge is -2.27. The highest BCUT2D eigenvalue weighted by Gasteiger charge is 2.26. The van der Waals surface area contributed by atoms with Crippen molar-refractivity contribution in [1.29, 1.82) is 0 Å². The molecule has 0 N–H and O–H groups in total. The molecule has 0 fully saturated rings. The van der Waals surface area contributed by atoms with Gasteiger partial charge in [-0.15, -0.1) is 0 Å². The average Bonchev–Trinajstić information content (AvgIpc) is 2.77. The minimum Gasteiger partial charge on any atom is -0.467 e. The molecule has 0 saturated carbocycles. The fourth-order valence-corrected chi connectivity index (χ4v) is 3.29. The molecule has 1 amide bonds. The standard InChI is InChI=1S/C22H22N2O3S/c1-27-22(26)19(15-28)23-20-13-7-8-14-24(20)21(25)18-12-6-5-11-17(18)16-9-3-2-4-10-16/h2-7,9-13,19,28H,8,14-15H2,1H3/t19-/m1/s1. The van der Waals surface area contributed by atoms with Gasteiger partial charge in [0, 0.05) is 17.9 Å². The molecule has 0 aliphatic carbocycles. The third kappa shape index (κ3) is 4.34. The summed E-state index contributed by atoms with van der Waals surface area (Å²) >= 11 is 4.19. The number of thiol groups is 1. The molecule has 6 heteroatoms. The van der Waals surface area contributed by atoms with Gasteiger partial charge in [0.25, 0.3) is 5.91 Å². The third-order valence-electron chi connectivity index (χ3n) is 4.48. The second kappa shape index (κ2) is 9.37. The van der Waals surface area contributed by atoms with Crippen LogP contribution in [0.4, 0.5) is 0 Å². The van der Waals surface area contributed by atoms with Gasteiger partial charge in [-0.05, 0) is 29.7 Å². The number of rotatable bonds is 5. The molecule has 0 aromatic heterocycles. The van der Waals surface area contributed by atoms with E-state index in [0.717, 1.165) is 17.5 Å². The maximum absolute atomic E-state index is 13.4. The van der Waals surface area contributed by atoms with Gasteiger partial charge in [0.1, 0.15) is 5.84 Å². The number of methoxy groups -OCH3 is 1. The van der Waals surface area contributed by atoms with Crippen LogP contribution >= 0.6 is 12.6 Å². The van der Waals surface area contributed by atoms with Gasteiger partial charge in [0.15, 0.2) is 6.04 Å². The number of benzene rings is 2. The monoisotopic (exact) mass is 394 g/mol. The van der Waals surface area contributed by atoms with E-state index < -0.39 is 12.0 Å². The highest BCUT2D eigenvalue weighted by Crippen LogP contribution is 2.25. The number of amides is 1. The molecule has 144 valence electrons. The van der Waals surface area contributed by atoms with E-state index in [4.69, 9.17) is 4.74 Å². The lowest BCUT2D eigenvalue weighted by atomic mass is 9.98. The quantitative estimate of drug-likeness (QED) is 0.622. The van der Waals surface area contributed by atoms with E-state index in [0.29, 0.717) is 17.9 Å². The lowest BCUT2D eigenvalue weighted by molar-refractivity contribution is -0.141. The van der Waals surface area contributed by atoms with Crippen molar-refractivity contribution < 1.29 is 14.3 Å². The molecule has 2 aromatic carbocycles. The van der Waals surface area contributed by atoms with Crippen LogP contribution in [0, 0.1) is 0 Å². The van der Waals surface area contributed by atoms with E-state index in [1.165, 1.54) is 7.11 Å². The van der Waals surface area contributed by atoms with Gasteiger partial charge in [-0.25, -0.2) is 4.79 Å². The van der Waals surface area contributed by atoms with Gasteiger partial charge in [0.05, 0.1) is 7.11 Å². The maximum atomic E-state index is 13.4. The predicted octanol–water partition coefficient (Wildman–Crippen LogP) is 3.63. The van der Waals surface area contributed by atoms with E-state index in [2.05, 4.69) is 17.6 Å². The van der Waals surface area contributed by atoms with Crippen molar-refractivity contribution in [3.63, 3.8) is 0 Å². The van der Waals surface area contributed by atoms with E-state index >= 15 is 0 Å². The Labute approximate surface area is 170 Å². The van der Waals surface area contributed by atoms with Crippen molar-refractivity contribution in [3.8, 4) is 11.1 Å². The summed E-state index contributed by atoms with van der Waals surface area (Å²) in [5.41, 5.74) is 2.43. The predicted molar refractivity (Wildman–Crippen MR) is 114 cm³/mol. The first-order chi connectivity index (χ1) is 13.7. The summed E-state index contributed by atoms with van der Waals surface area (Å²) < 4.78 is 4.78. The number of ether oxygens (including phenoxy) is 1. The van der Waals surface area contributed by atoms with E-state index in [1.54, 1.807) is 11.0 Å². The molecule has 28 heavy (non-hydrogen) atoms. The zero-order valence-corrected chi connectivity index (χ0v) is 16.5. The Bertz CT molecular complexity index is 909. The molecule has 0 bridgehead atoms. The van der Waals surface area contributed by atoms with E-state index in [1.807, 2.05) is 60.7 Å². The molecule has 2 aromatic rings. The summed E-state index contributed by atoms with van der Waals surface area (Å²) in [6.07, 6.45) is 4.44. The molecule has 3 rings (SSSR count). The first-order valence-electron chi connectivity index (χ1n) is 9.05. The molecule has 0 radical (unpaired) electrons. The van der Waals surface area contributed by atoms with Gasteiger partial charge in [-0.1, -0.05) is 54.6 Å². The van der Waals surface area contributed by atoms with Crippen LogP contribution in [-0.2, 0) is 9.53 Å². The van der Waals surface area contributed by atoms with Gasteiger partial charge in [-0.3, -0.25) is 14.7 Å². The van der Waals surface area contributed by atoms with Crippen LogP contribution in [0.3, 0.4) is 0 Å². The zero-order valence-electron chi connectivity index (χ0n) is 15.6. The number of esters is 1. The molecule has 0 unspecified atom stereocenters. The molecule has 1 atom stereocenters. The van der Waals surface area contributed by atoms with Crippen LogP contribution < -0.4 is 0 Å². The van der Waals surface area contributed by atoms with E-state index in [9.17, 15) is 9.59 Å². The highest BCUT2D eigenvalue weighted by molar-refractivity contribution is 7.80. The molecular formula is C22H22N2O3S. The number of hydrogen-bond donors (Lipinski definition) is 1. The Morgan fingerprint density at radius 2 is 1.86 bits per heavy atom. The lowest BCUT2D eigenvalue weighted by Crippen LogP contribution is -2.40. The van der Waals surface area contributed by atoms with Gasteiger partial charge >= 0.3 is 5.97 Å². The first-order valence-corrected chi connectivity index (χ1v) is 9.68. The van der Waals surface area contributed by atoms with Crippen LogP contribution in [0.1, 0.15) is 16.8 Å². The maximum Gasteiger partial charge on any atom is 0.331 e. The Morgan fingerprint density at radius 1 is 1.14 bits per heavy atom. The summed E-state index contributed by atoms with van der Waals surface area (Å²) in [6, 6.07) is 16.5. The Balaban J connectivity index is 1.98. The highest BCUT2D eigenvalue weighted by atomic mass is 32.1. The van der Waals surface area contributed by atoms with Gasteiger partial charge in [-0.2, -0.15) is 12.6 Å². The van der Waals surface area contributed by atoms with Crippen molar-refractivity contribution in [2.24, 2.45) is 4.99 Å². The number of carbonyl (C=O) groups excluding carboxylic acids is 2. The second-order valence-electron chi connectivity index (χ2n) is 6.27. The van der Waals surface area contributed by atoms with Crippen LogP contribution in [0.15, 0.2) is 71.7 Å². The molecule has 1 heterocycles. The Hall–Kier alpha value is -2.86. The van der Waals surface area contributed by atoms with Crippen LogP contribution in [0.2, 0.25) is 0 Å². The first kappa shape index (κ1) is 19.9. The van der Waals surface area contributed by atoms with Crippen LogP contribution in [0.5, 0.6) is 0 Å². The van der Waals surface area contributed by atoms with Gasteiger partial charge < -0.3 is 4.74 Å². The fourth-order valence-electron chi connectivity index (χ4n) is 3.06. The Kier molecular flexibility index (Phi) is 6.66. The molecule has 1 aliphatic heterocycles. The fraction of sp³-hybridized carbons (Fsp3) is 0.227. The summed E-state index contributed by atoms with van der Waals surface area (Å²) in [6.45, 7) is 0.498. The number of carbonyl (C=O) groups is 2. The summed E-state index contributed by atoms with van der Waals surface area (Å²) in [5, 5.41) is 0. The second-order valence-corrected chi connectivity index (χ2v) is 6.63. The SMILES string of the molecule is COC(=O)[C@@H](CS)N=C1C=CCCN1C(=O)c1ccccc1-c1ccccc1. The largest absolute Gasteiger partial charge is 0.467 e. The number of aliphatic imine (C=N–C) groups is 1. The average molecular weight is 394 g/mol. The molecule has 0 saturated heterocycles. The van der Waals surface area contributed by atoms with Crippen molar-refractivity contribution in [2.45, 2.75) is 12.5 Å². The molecule has 5 nitrogen and oxygen atoms in total.